The number of carbonyl (C=O) groups excluding carboxylic acids is 1. The number of thiazole rings is 1. The first kappa shape index (κ1) is 14.4. The summed E-state index contributed by atoms with van der Waals surface area (Å²) >= 11 is 1.49. The number of aromatic nitrogens is 3. The van der Waals surface area contributed by atoms with Crippen LogP contribution in [0.3, 0.4) is 0 Å². The van der Waals surface area contributed by atoms with Crippen LogP contribution in [0.15, 0.2) is 22.4 Å². The molecule has 0 atom stereocenters. The molecule has 0 radical (unpaired) electrons. The monoisotopic (exact) mass is 292 g/mol. The molecule has 0 spiro atoms. The number of hydrogen-bond acceptors (Lipinski definition) is 5. The molecule has 0 aromatic carbocycles. The Bertz CT molecular complexity index is 664. The van der Waals surface area contributed by atoms with Crippen molar-refractivity contribution in [1.29, 1.82) is 0 Å². The maximum absolute atomic E-state index is 12.1. The third-order valence-corrected chi connectivity index (χ3v) is 3.77. The Balaban J connectivity index is 2.08. The van der Waals surface area contributed by atoms with Gasteiger partial charge < -0.3 is 4.90 Å². The van der Waals surface area contributed by atoms with Crippen LogP contribution >= 0.6 is 11.3 Å². The Morgan fingerprint density at radius 3 is 2.85 bits per heavy atom. The molecule has 0 unspecified atom stereocenters. The van der Waals surface area contributed by atoms with Gasteiger partial charge in [-0.3, -0.25) is 9.59 Å². The molecule has 2 aromatic rings. The molecule has 0 fully saturated rings. The molecule has 0 saturated heterocycles. The van der Waals surface area contributed by atoms with Crippen LogP contribution in [-0.4, -0.2) is 32.6 Å². The van der Waals surface area contributed by atoms with Crippen LogP contribution in [0.2, 0.25) is 0 Å². The fourth-order valence-electron chi connectivity index (χ4n) is 1.66. The molecule has 0 bridgehead atoms. The first-order valence-corrected chi connectivity index (χ1v) is 7.03. The second-order valence-electron chi connectivity index (χ2n) is 4.58. The van der Waals surface area contributed by atoms with Crippen molar-refractivity contribution < 1.29 is 4.79 Å². The molecule has 6 nitrogen and oxygen atoms in total. The van der Waals surface area contributed by atoms with E-state index >= 15 is 0 Å². The summed E-state index contributed by atoms with van der Waals surface area (Å²) in [6.07, 6.45) is 1.70. The van der Waals surface area contributed by atoms with Crippen molar-refractivity contribution in [3.8, 4) is 0 Å². The van der Waals surface area contributed by atoms with Crippen molar-refractivity contribution >= 4 is 17.2 Å². The number of rotatable bonds is 4. The predicted molar refractivity (Wildman–Crippen MR) is 76.6 cm³/mol. The fraction of sp³-hybridized carbons (Fsp3) is 0.385. The molecular weight excluding hydrogens is 276 g/mol. The average Bonchev–Trinajstić information content (AvgIpc) is 2.88. The standard InChI is InChI=1S/C13H16N4O2S/c1-9-6-12(18)17(15-10(9)2)8-13(19)16(3)7-11-14-4-5-20-11/h4-6H,7-8H2,1-3H3. The third kappa shape index (κ3) is 3.30. The number of hydrogen-bond donors (Lipinski definition) is 0. The highest BCUT2D eigenvalue weighted by Gasteiger charge is 2.13. The highest BCUT2D eigenvalue weighted by Crippen LogP contribution is 2.07. The number of carbonyl (C=O) groups is 1. The van der Waals surface area contributed by atoms with Gasteiger partial charge in [0.1, 0.15) is 11.6 Å². The van der Waals surface area contributed by atoms with Crippen LogP contribution < -0.4 is 5.56 Å². The van der Waals surface area contributed by atoms with E-state index < -0.39 is 0 Å². The van der Waals surface area contributed by atoms with Crippen LogP contribution in [0, 0.1) is 13.8 Å². The van der Waals surface area contributed by atoms with E-state index in [1.165, 1.54) is 22.1 Å². The molecule has 2 aromatic heterocycles. The summed E-state index contributed by atoms with van der Waals surface area (Å²) in [4.78, 5) is 29.6. The van der Waals surface area contributed by atoms with Crippen LogP contribution in [0.25, 0.3) is 0 Å². The number of amides is 1. The summed E-state index contributed by atoms with van der Waals surface area (Å²) in [6.45, 7) is 4.03. The lowest BCUT2D eigenvalue weighted by molar-refractivity contribution is -0.131. The maximum atomic E-state index is 12.1. The van der Waals surface area contributed by atoms with Crippen molar-refractivity contribution in [1.82, 2.24) is 19.7 Å². The molecule has 1 amide bonds. The number of nitrogens with zero attached hydrogens (tertiary/aromatic N) is 4. The summed E-state index contributed by atoms with van der Waals surface area (Å²) < 4.78 is 1.20. The Labute approximate surface area is 120 Å². The molecular formula is C13H16N4O2S. The molecule has 0 aliphatic rings. The maximum Gasteiger partial charge on any atom is 0.267 e. The van der Waals surface area contributed by atoms with Gasteiger partial charge in [0, 0.05) is 24.7 Å². The summed E-state index contributed by atoms with van der Waals surface area (Å²) in [7, 11) is 1.69. The smallest absolute Gasteiger partial charge is 0.267 e. The number of likely N-dealkylation sites (N-methyl/N-ethyl adjacent to an activating group) is 1. The molecule has 2 rings (SSSR count). The lowest BCUT2D eigenvalue weighted by atomic mass is 10.2. The van der Waals surface area contributed by atoms with Crippen LogP contribution in [-0.2, 0) is 17.9 Å². The second-order valence-corrected chi connectivity index (χ2v) is 5.56. The second kappa shape index (κ2) is 5.96. The number of aryl methyl sites for hydroxylation is 2. The largest absolute Gasteiger partial charge is 0.337 e. The minimum Gasteiger partial charge on any atom is -0.337 e. The van der Waals surface area contributed by atoms with Crippen molar-refractivity contribution in [2.24, 2.45) is 0 Å². The van der Waals surface area contributed by atoms with Crippen molar-refractivity contribution in [3.05, 3.63) is 44.3 Å². The van der Waals surface area contributed by atoms with Crippen LogP contribution in [0.5, 0.6) is 0 Å². The normalized spacial score (nSPS) is 10.6. The predicted octanol–water partition coefficient (Wildman–Crippen LogP) is 0.975. The quantitative estimate of drug-likeness (QED) is 0.842. The van der Waals surface area contributed by atoms with Gasteiger partial charge in [-0.1, -0.05) is 0 Å². The molecule has 0 aliphatic heterocycles. The van der Waals surface area contributed by atoms with Crippen LogP contribution in [0.4, 0.5) is 0 Å². The van der Waals surface area contributed by atoms with E-state index in [-0.39, 0.29) is 18.0 Å². The van der Waals surface area contributed by atoms with Crippen molar-refractivity contribution in [3.63, 3.8) is 0 Å². The highest BCUT2D eigenvalue weighted by atomic mass is 32.1. The van der Waals surface area contributed by atoms with Crippen molar-refractivity contribution in [2.75, 3.05) is 7.05 Å². The third-order valence-electron chi connectivity index (χ3n) is 3.00. The van der Waals surface area contributed by atoms with E-state index in [9.17, 15) is 9.59 Å². The van der Waals surface area contributed by atoms with E-state index in [4.69, 9.17) is 0 Å². The summed E-state index contributed by atoms with van der Waals surface area (Å²) in [5.41, 5.74) is 1.32. The molecule has 0 aliphatic carbocycles. The Morgan fingerprint density at radius 2 is 2.20 bits per heavy atom. The molecule has 0 saturated carbocycles. The Hall–Kier alpha value is -2.02. The average molecular weight is 292 g/mol. The SMILES string of the molecule is Cc1cc(=O)n(CC(=O)N(C)Cc2nccs2)nc1C. The zero-order chi connectivity index (χ0) is 14.7. The van der Waals surface area contributed by atoms with E-state index in [1.807, 2.05) is 19.2 Å². The van der Waals surface area contributed by atoms with Gasteiger partial charge in [0.15, 0.2) is 0 Å². The van der Waals surface area contributed by atoms with Gasteiger partial charge in [0.2, 0.25) is 5.91 Å². The molecule has 2 heterocycles. The topological polar surface area (TPSA) is 68.1 Å². The minimum absolute atomic E-state index is 0.0537. The zero-order valence-corrected chi connectivity index (χ0v) is 12.5. The van der Waals surface area contributed by atoms with Gasteiger partial charge in [-0.25, -0.2) is 9.67 Å². The van der Waals surface area contributed by atoms with E-state index in [0.717, 1.165) is 16.3 Å². The van der Waals surface area contributed by atoms with E-state index in [2.05, 4.69) is 10.1 Å². The van der Waals surface area contributed by atoms with Crippen molar-refractivity contribution in [2.45, 2.75) is 26.9 Å². The highest BCUT2D eigenvalue weighted by molar-refractivity contribution is 7.09. The lowest BCUT2D eigenvalue weighted by Gasteiger charge is -2.16. The summed E-state index contributed by atoms with van der Waals surface area (Å²) in [5, 5.41) is 6.86. The van der Waals surface area contributed by atoms with Gasteiger partial charge in [0.25, 0.3) is 5.56 Å². The summed E-state index contributed by atoms with van der Waals surface area (Å²) in [6, 6.07) is 1.50. The van der Waals surface area contributed by atoms with E-state index in [1.54, 1.807) is 18.1 Å². The molecule has 106 valence electrons. The van der Waals surface area contributed by atoms with Crippen LogP contribution in [0.1, 0.15) is 16.3 Å². The molecule has 7 heteroatoms. The fourth-order valence-corrected chi connectivity index (χ4v) is 2.33. The zero-order valence-electron chi connectivity index (χ0n) is 11.7. The first-order chi connectivity index (χ1) is 9.47. The van der Waals surface area contributed by atoms with E-state index in [0.29, 0.717) is 6.54 Å². The van der Waals surface area contributed by atoms with Gasteiger partial charge >= 0.3 is 0 Å². The summed E-state index contributed by atoms with van der Waals surface area (Å²) in [5.74, 6) is -0.168. The first-order valence-electron chi connectivity index (χ1n) is 6.15. The molecule has 0 N–H and O–H groups in total. The lowest BCUT2D eigenvalue weighted by Crippen LogP contribution is -2.35. The Morgan fingerprint density at radius 1 is 1.45 bits per heavy atom. The van der Waals surface area contributed by atoms with Gasteiger partial charge in [0.05, 0.1) is 12.2 Å². The van der Waals surface area contributed by atoms with Gasteiger partial charge in [-0.05, 0) is 19.4 Å². The molecule has 20 heavy (non-hydrogen) atoms. The Kier molecular flexibility index (Phi) is 4.29. The minimum atomic E-state index is -0.260. The van der Waals surface area contributed by atoms with Gasteiger partial charge in [-0.2, -0.15) is 5.10 Å². The van der Waals surface area contributed by atoms with Gasteiger partial charge in [-0.15, -0.1) is 11.3 Å².